The number of nitrogens with zero attached hydrogens (tertiary/aromatic N) is 1. The summed E-state index contributed by atoms with van der Waals surface area (Å²) in [6.07, 6.45) is 2.64. The van der Waals surface area contributed by atoms with Crippen molar-refractivity contribution in [2.75, 3.05) is 0 Å². The minimum absolute atomic E-state index is 0.195. The van der Waals surface area contributed by atoms with E-state index in [9.17, 15) is 8.42 Å². The standard InChI is InChI=1S/C14H18ClNO2S/c1-10(2)8-11(3)16-9-14(19(15,17)18)12-6-4-5-7-13(12)16/h4-7,9-11H,8H2,1-3H3. The Morgan fingerprint density at radius 3 is 2.42 bits per heavy atom. The summed E-state index contributed by atoms with van der Waals surface area (Å²) < 4.78 is 25.3. The highest BCUT2D eigenvalue weighted by molar-refractivity contribution is 8.14. The van der Waals surface area contributed by atoms with E-state index in [1.807, 2.05) is 22.8 Å². The molecular formula is C14H18ClNO2S. The molecule has 0 aliphatic carbocycles. The van der Waals surface area contributed by atoms with E-state index in [0.717, 1.165) is 11.9 Å². The maximum absolute atomic E-state index is 11.7. The number of aromatic nitrogens is 1. The highest BCUT2D eigenvalue weighted by Gasteiger charge is 2.20. The van der Waals surface area contributed by atoms with Gasteiger partial charge in [0, 0.05) is 33.8 Å². The first-order valence-electron chi connectivity index (χ1n) is 6.35. The molecular weight excluding hydrogens is 282 g/mol. The maximum atomic E-state index is 11.7. The Labute approximate surface area is 118 Å². The summed E-state index contributed by atoms with van der Waals surface area (Å²) in [6, 6.07) is 7.69. The van der Waals surface area contributed by atoms with Crippen LogP contribution in [0.4, 0.5) is 0 Å². The number of hydrogen-bond acceptors (Lipinski definition) is 2. The topological polar surface area (TPSA) is 39.1 Å². The van der Waals surface area contributed by atoms with E-state index in [4.69, 9.17) is 10.7 Å². The van der Waals surface area contributed by atoms with Crippen LogP contribution >= 0.6 is 10.7 Å². The van der Waals surface area contributed by atoms with Crippen LogP contribution in [0.2, 0.25) is 0 Å². The lowest BCUT2D eigenvalue weighted by Gasteiger charge is -2.17. The molecule has 0 fully saturated rings. The van der Waals surface area contributed by atoms with Gasteiger partial charge in [-0.05, 0) is 25.3 Å². The second kappa shape index (κ2) is 5.17. The summed E-state index contributed by atoms with van der Waals surface area (Å²) in [5, 5.41) is 0.688. The van der Waals surface area contributed by atoms with Gasteiger partial charge in [-0.2, -0.15) is 0 Å². The molecule has 2 rings (SSSR count). The SMILES string of the molecule is CC(C)CC(C)n1cc(S(=O)(=O)Cl)c2ccccc21. The molecule has 1 heterocycles. The molecule has 1 aromatic heterocycles. The summed E-state index contributed by atoms with van der Waals surface area (Å²) in [6.45, 7) is 6.40. The summed E-state index contributed by atoms with van der Waals surface area (Å²) in [5.74, 6) is 0.548. The monoisotopic (exact) mass is 299 g/mol. The van der Waals surface area contributed by atoms with Crippen molar-refractivity contribution >= 4 is 30.6 Å². The molecule has 0 N–H and O–H groups in total. The Morgan fingerprint density at radius 2 is 1.84 bits per heavy atom. The van der Waals surface area contributed by atoms with Crippen LogP contribution in [-0.2, 0) is 9.05 Å². The average molecular weight is 300 g/mol. The van der Waals surface area contributed by atoms with Crippen molar-refractivity contribution in [3.8, 4) is 0 Å². The van der Waals surface area contributed by atoms with Crippen molar-refractivity contribution in [3.05, 3.63) is 30.5 Å². The Hall–Kier alpha value is -1.00. The first-order valence-corrected chi connectivity index (χ1v) is 8.66. The van der Waals surface area contributed by atoms with Crippen LogP contribution in [0.3, 0.4) is 0 Å². The predicted molar refractivity (Wildman–Crippen MR) is 79.1 cm³/mol. The third-order valence-electron chi connectivity index (χ3n) is 3.25. The van der Waals surface area contributed by atoms with Gasteiger partial charge in [0.1, 0.15) is 4.90 Å². The molecule has 0 amide bonds. The van der Waals surface area contributed by atoms with Crippen molar-refractivity contribution in [1.29, 1.82) is 0 Å². The smallest absolute Gasteiger partial charge is 0.263 e. The van der Waals surface area contributed by atoms with Gasteiger partial charge in [0.05, 0.1) is 0 Å². The Kier molecular flexibility index (Phi) is 3.92. The Balaban J connectivity index is 2.63. The highest BCUT2D eigenvalue weighted by atomic mass is 35.7. The van der Waals surface area contributed by atoms with Crippen LogP contribution in [0.25, 0.3) is 10.9 Å². The Bertz CT molecular complexity index is 689. The third kappa shape index (κ3) is 2.95. The van der Waals surface area contributed by atoms with Crippen LogP contribution < -0.4 is 0 Å². The number of para-hydroxylation sites is 1. The zero-order valence-corrected chi connectivity index (χ0v) is 12.9. The van der Waals surface area contributed by atoms with Crippen molar-refractivity contribution in [2.24, 2.45) is 5.92 Å². The molecule has 0 aliphatic heterocycles. The highest BCUT2D eigenvalue weighted by Crippen LogP contribution is 2.31. The molecule has 0 saturated heterocycles. The number of benzene rings is 1. The molecule has 0 saturated carbocycles. The van der Waals surface area contributed by atoms with E-state index < -0.39 is 9.05 Å². The second-order valence-electron chi connectivity index (χ2n) is 5.33. The van der Waals surface area contributed by atoms with E-state index in [0.29, 0.717) is 11.3 Å². The van der Waals surface area contributed by atoms with E-state index in [1.165, 1.54) is 0 Å². The molecule has 0 radical (unpaired) electrons. The molecule has 19 heavy (non-hydrogen) atoms. The van der Waals surface area contributed by atoms with Crippen LogP contribution in [0.5, 0.6) is 0 Å². The number of halogens is 1. The number of hydrogen-bond donors (Lipinski definition) is 0. The fourth-order valence-electron chi connectivity index (χ4n) is 2.53. The second-order valence-corrected chi connectivity index (χ2v) is 7.87. The summed E-state index contributed by atoms with van der Waals surface area (Å²) in [5.41, 5.74) is 0.912. The molecule has 0 aliphatic rings. The molecule has 5 heteroatoms. The van der Waals surface area contributed by atoms with Gasteiger partial charge in [0.2, 0.25) is 0 Å². The predicted octanol–water partition coefficient (Wildman–Crippen LogP) is 4.18. The van der Waals surface area contributed by atoms with Crippen molar-refractivity contribution in [1.82, 2.24) is 4.57 Å². The largest absolute Gasteiger partial charge is 0.343 e. The molecule has 3 nitrogen and oxygen atoms in total. The molecule has 0 bridgehead atoms. The zero-order chi connectivity index (χ0) is 14.2. The quantitative estimate of drug-likeness (QED) is 0.795. The van der Waals surface area contributed by atoms with Gasteiger partial charge in [-0.3, -0.25) is 0 Å². The lowest BCUT2D eigenvalue weighted by atomic mass is 10.1. The van der Waals surface area contributed by atoms with Crippen LogP contribution in [0.15, 0.2) is 35.4 Å². The van der Waals surface area contributed by atoms with Crippen LogP contribution in [0, 0.1) is 5.92 Å². The molecule has 2 aromatic rings. The summed E-state index contributed by atoms with van der Waals surface area (Å²) in [7, 11) is 1.80. The van der Waals surface area contributed by atoms with Gasteiger partial charge in [0.25, 0.3) is 9.05 Å². The summed E-state index contributed by atoms with van der Waals surface area (Å²) >= 11 is 0. The molecule has 1 aromatic carbocycles. The van der Waals surface area contributed by atoms with Crippen LogP contribution in [0.1, 0.15) is 33.2 Å². The molecule has 0 spiro atoms. The number of rotatable bonds is 4. The number of fused-ring (bicyclic) bond motifs is 1. The van der Waals surface area contributed by atoms with E-state index in [1.54, 1.807) is 12.3 Å². The van der Waals surface area contributed by atoms with E-state index in [2.05, 4.69) is 20.8 Å². The van der Waals surface area contributed by atoms with Crippen molar-refractivity contribution in [2.45, 2.75) is 38.1 Å². The maximum Gasteiger partial charge on any atom is 0.263 e. The van der Waals surface area contributed by atoms with Gasteiger partial charge >= 0.3 is 0 Å². The first-order chi connectivity index (χ1) is 8.80. The first kappa shape index (κ1) is 14.4. The van der Waals surface area contributed by atoms with Crippen molar-refractivity contribution < 1.29 is 8.42 Å². The normalized spacial score (nSPS) is 14.2. The van der Waals surface area contributed by atoms with Gasteiger partial charge < -0.3 is 4.57 Å². The van der Waals surface area contributed by atoms with E-state index >= 15 is 0 Å². The van der Waals surface area contributed by atoms with Gasteiger partial charge in [-0.25, -0.2) is 8.42 Å². The van der Waals surface area contributed by atoms with E-state index in [-0.39, 0.29) is 10.9 Å². The lowest BCUT2D eigenvalue weighted by molar-refractivity contribution is 0.436. The average Bonchev–Trinajstić information content (AvgIpc) is 2.67. The van der Waals surface area contributed by atoms with Gasteiger partial charge in [0.15, 0.2) is 0 Å². The minimum atomic E-state index is -3.72. The summed E-state index contributed by atoms with van der Waals surface area (Å²) in [4.78, 5) is 0.195. The minimum Gasteiger partial charge on any atom is -0.343 e. The Morgan fingerprint density at radius 1 is 1.21 bits per heavy atom. The lowest BCUT2D eigenvalue weighted by Crippen LogP contribution is -2.06. The van der Waals surface area contributed by atoms with Gasteiger partial charge in [-0.15, -0.1) is 0 Å². The molecule has 104 valence electrons. The fourth-order valence-corrected chi connectivity index (χ4v) is 3.57. The fraction of sp³-hybridized carbons (Fsp3) is 0.429. The van der Waals surface area contributed by atoms with Gasteiger partial charge in [-0.1, -0.05) is 32.0 Å². The van der Waals surface area contributed by atoms with Crippen LogP contribution in [-0.4, -0.2) is 13.0 Å². The zero-order valence-electron chi connectivity index (χ0n) is 11.3. The third-order valence-corrected chi connectivity index (χ3v) is 4.60. The molecule has 1 unspecified atom stereocenters. The molecule has 1 atom stereocenters. The van der Waals surface area contributed by atoms with Crippen molar-refractivity contribution in [3.63, 3.8) is 0 Å².